The van der Waals surface area contributed by atoms with Gasteiger partial charge >= 0.3 is 0 Å². The standard InChI is InChI=1S/C8H14N2O/c1-8(2)7-9-10-3-5-11-6-4-10/h7H,1,3-6H2,2H3/b9-7+. The van der Waals surface area contributed by atoms with E-state index >= 15 is 0 Å². The van der Waals surface area contributed by atoms with Crippen molar-refractivity contribution in [3.05, 3.63) is 12.2 Å². The SMILES string of the molecule is C=C(C)/C=N/N1CCOCC1. The number of rotatable bonds is 2. The Morgan fingerprint density at radius 3 is 2.73 bits per heavy atom. The molecule has 0 aromatic heterocycles. The summed E-state index contributed by atoms with van der Waals surface area (Å²) in [6.45, 7) is 9.02. The van der Waals surface area contributed by atoms with Gasteiger partial charge < -0.3 is 4.74 Å². The van der Waals surface area contributed by atoms with E-state index in [0.717, 1.165) is 31.9 Å². The zero-order valence-corrected chi connectivity index (χ0v) is 6.92. The van der Waals surface area contributed by atoms with Gasteiger partial charge in [-0.05, 0) is 12.5 Å². The fourth-order valence-corrected chi connectivity index (χ4v) is 0.849. The molecule has 1 saturated heterocycles. The number of morpholine rings is 1. The maximum absolute atomic E-state index is 5.17. The van der Waals surface area contributed by atoms with E-state index in [4.69, 9.17) is 4.74 Å². The number of hydrogen-bond acceptors (Lipinski definition) is 3. The molecule has 0 bridgehead atoms. The van der Waals surface area contributed by atoms with Gasteiger partial charge in [-0.1, -0.05) is 6.58 Å². The van der Waals surface area contributed by atoms with Gasteiger partial charge in [0.25, 0.3) is 0 Å². The summed E-state index contributed by atoms with van der Waals surface area (Å²) in [5.41, 5.74) is 0.983. The minimum absolute atomic E-state index is 0.785. The quantitative estimate of drug-likeness (QED) is 0.551. The van der Waals surface area contributed by atoms with Crippen LogP contribution >= 0.6 is 0 Å². The molecule has 0 spiro atoms. The van der Waals surface area contributed by atoms with Gasteiger partial charge in [0.05, 0.1) is 26.3 Å². The van der Waals surface area contributed by atoms with Crippen LogP contribution in [0.4, 0.5) is 0 Å². The van der Waals surface area contributed by atoms with Crippen LogP contribution in [0.1, 0.15) is 6.92 Å². The minimum atomic E-state index is 0.785. The van der Waals surface area contributed by atoms with Gasteiger partial charge in [0.15, 0.2) is 0 Å². The predicted molar refractivity (Wildman–Crippen MR) is 45.7 cm³/mol. The van der Waals surface area contributed by atoms with Crippen molar-refractivity contribution in [2.24, 2.45) is 5.10 Å². The Morgan fingerprint density at radius 2 is 2.18 bits per heavy atom. The molecule has 3 nitrogen and oxygen atoms in total. The number of ether oxygens (including phenoxy) is 1. The van der Waals surface area contributed by atoms with Crippen molar-refractivity contribution >= 4 is 6.21 Å². The Morgan fingerprint density at radius 1 is 1.55 bits per heavy atom. The fourth-order valence-electron chi connectivity index (χ4n) is 0.849. The lowest BCUT2D eigenvalue weighted by Gasteiger charge is -2.23. The highest BCUT2D eigenvalue weighted by atomic mass is 16.5. The summed E-state index contributed by atoms with van der Waals surface area (Å²) in [6, 6.07) is 0. The lowest BCUT2D eigenvalue weighted by Crippen LogP contribution is -2.32. The molecule has 0 saturated carbocycles. The maximum atomic E-state index is 5.17. The van der Waals surface area contributed by atoms with Crippen molar-refractivity contribution in [3.8, 4) is 0 Å². The van der Waals surface area contributed by atoms with Crippen LogP contribution in [-0.2, 0) is 4.74 Å². The first-order valence-corrected chi connectivity index (χ1v) is 3.81. The van der Waals surface area contributed by atoms with Crippen LogP contribution in [0, 0.1) is 0 Å². The molecule has 0 unspecified atom stereocenters. The van der Waals surface area contributed by atoms with Crippen molar-refractivity contribution < 1.29 is 4.74 Å². The third kappa shape index (κ3) is 3.18. The molecule has 1 heterocycles. The second kappa shape index (κ2) is 4.13. The molecule has 0 aliphatic carbocycles. The number of hydrogen-bond donors (Lipinski definition) is 0. The summed E-state index contributed by atoms with van der Waals surface area (Å²) >= 11 is 0. The minimum Gasteiger partial charge on any atom is -0.378 e. The zero-order chi connectivity index (χ0) is 8.10. The molecule has 11 heavy (non-hydrogen) atoms. The van der Waals surface area contributed by atoms with Crippen molar-refractivity contribution in [1.29, 1.82) is 0 Å². The summed E-state index contributed by atoms with van der Waals surface area (Å²) in [5.74, 6) is 0. The number of hydrazone groups is 1. The average Bonchev–Trinajstić information content (AvgIpc) is 2.03. The highest BCUT2D eigenvalue weighted by Gasteiger charge is 2.05. The Balaban J connectivity index is 2.29. The summed E-state index contributed by atoms with van der Waals surface area (Å²) in [4.78, 5) is 0. The van der Waals surface area contributed by atoms with Gasteiger partial charge in [0, 0.05) is 6.21 Å². The van der Waals surface area contributed by atoms with Crippen molar-refractivity contribution in [1.82, 2.24) is 5.01 Å². The van der Waals surface area contributed by atoms with Gasteiger partial charge in [-0.2, -0.15) is 5.10 Å². The Hall–Kier alpha value is -0.830. The normalized spacial score (nSPS) is 19.2. The van der Waals surface area contributed by atoms with Gasteiger partial charge in [-0.25, -0.2) is 0 Å². The third-order valence-electron chi connectivity index (χ3n) is 1.43. The third-order valence-corrected chi connectivity index (χ3v) is 1.43. The van der Waals surface area contributed by atoms with Crippen LogP contribution in [0.2, 0.25) is 0 Å². The van der Waals surface area contributed by atoms with Crippen LogP contribution in [0.15, 0.2) is 17.3 Å². The van der Waals surface area contributed by atoms with Gasteiger partial charge in [-0.3, -0.25) is 5.01 Å². The van der Waals surface area contributed by atoms with Gasteiger partial charge in [-0.15, -0.1) is 0 Å². The van der Waals surface area contributed by atoms with Crippen LogP contribution in [0.3, 0.4) is 0 Å². The molecule has 62 valence electrons. The smallest absolute Gasteiger partial charge is 0.0659 e. The second-order valence-corrected chi connectivity index (χ2v) is 2.66. The van der Waals surface area contributed by atoms with E-state index in [0.29, 0.717) is 0 Å². The van der Waals surface area contributed by atoms with Crippen molar-refractivity contribution in [2.45, 2.75) is 6.92 Å². The monoisotopic (exact) mass is 154 g/mol. The zero-order valence-electron chi connectivity index (χ0n) is 6.92. The van der Waals surface area contributed by atoms with E-state index in [1.54, 1.807) is 6.21 Å². The molecule has 0 aromatic rings. The maximum Gasteiger partial charge on any atom is 0.0659 e. The van der Waals surface area contributed by atoms with Crippen LogP contribution in [-0.4, -0.2) is 37.5 Å². The van der Waals surface area contributed by atoms with Crippen LogP contribution in [0.5, 0.6) is 0 Å². The van der Waals surface area contributed by atoms with E-state index in [2.05, 4.69) is 11.7 Å². The summed E-state index contributed by atoms with van der Waals surface area (Å²) in [7, 11) is 0. The number of allylic oxidation sites excluding steroid dienone is 1. The largest absolute Gasteiger partial charge is 0.378 e. The van der Waals surface area contributed by atoms with E-state index in [1.165, 1.54) is 0 Å². The van der Waals surface area contributed by atoms with E-state index in [1.807, 2.05) is 11.9 Å². The Kier molecular flexibility index (Phi) is 3.11. The molecule has 1 rings (SSSR count). The molecule has 0 N–H and O–H groups in total. The van der Waals surface area contributed by atoms with Crippen molar-refractivity contribution in [2.75, 3.05) is 26.3 Å². The molecule has 0 atom stereocenters. The Bertz CT molecular complexity index is 159. The van der Waals surface area contributed by atoms with E-state index in [-0.39, 0.29) is 0 Å². The number of nitrogens with zero attached hydrogens (tertiary/aromatic N) is 2. The molecule has 1 aliphatic heterocycles. The average molecular weight is 154 g/mol. The second-order valence-electron chi connectivity index (χ2n) is 2.66. The molecule has 1 aliphatic rings. The Labute approximate surface area is 67.3 Å². The highest BCUT2D eigenvalue weighted by Crippen LogP contribution is 1.96. The lowest BCUT2D eigenvalue weighted by molar-refractivity contribution is 0.0396. The molecule has 3 heteroatoms. The lowest BCUT2D eigenvalue weighted by atomic mass is 10.4. The first-order valence-electron chi connectivity index (χ1n) is 3.81. The highest BCUT2D eigenvalue weighted by molar-refractivity contribution is 5.76. The van der Waals surface area contributed by atoms with Gasteiger partial charge in [0.1, 0.15) is 0 Å². The van der Waals surface area contributed by atoms with E-state index < -0.39 is 0 Å². The summed E-state index contributed by atoms with van der Waals surface area (Å²) < 4.78 is 5.17. The fraction of sp³-hybridized carbons (Fsp3) is 0.625. The molecular weight excluding hydrogens is 140 g/mol. The van der Waals surface area contributed by atoms with E-state index in [9.17, 15) is 0 Å². The molecular formula is C8H14N2O. The predicted octanol–water partition coefficient (Wildman–Crippen LogP) is 0.881. The molecule has 0 amide bonds. The first-order chi connectivity index (χ1) is 5.29. The summed E-state index contributed by atoms with van der Waals surface area (Å²) in [6.07, 6.45) is 1.78. The van der Waals surface area contributed by atoms with Crippen LogP contribution in [0.25, 0.3) is 0 Å². The summed E-state index contributed by atoms with van der Waals surface area (Å²) in [5, 5.41) is 6.21. The van der Waals surface area contributed by atoms with Crippen molar-refractivity contribution in [3.63, 3.8) is 0 Å². The first kappa shape index (κ1) is 8.27. The molecule has 1 fully saturated rings. The molecule has 0 aromatic carbocycles. The molecule has 0 radical (unpaired) electrons. The topological polar surface area (TPSA) is 24.8 Å². The van der Waals surface area contributed by atoms with Crippen LogP contribution < -0.4 is 0 Å². The van der Waals surface area contributed by atoms with Gasteiger partial charge in [0.2, 0.25) is 0 Å².